The van der Waals surface area contributed by atoms with Crippen LogP contribution in [-0.4, -0.2) is 52.4 Å². The first-order chi connectivity index (χ1) is 12.0. The van der Waals surface area contributed by atoms with Crippen molar-refractivity contribution in [3.63, 3.8) is 0 Å². The number of hydrogen-bond acceptors (Lipinski definition) is 4. The van der Waals surface area contributed by atoms with Gasteiger partial charge in [-0.05, 0) is 11.6 Å². The molecule has 1 amide bonds. The highest BCUT2D eigenvalue weighted by atomic mass is 16.5. The smallest absolute Gasteiger partial charge is 0.254 e. The topological polar surface area (TPSA) is 71.8 Å². The number of aryl methyl sites for hydroxylation is 1. The van der Waals surface area contributed by atoms with E-state index in [9.17, 15) is 14.7 Å². The Labute approximate surface area is 146 Å². The molecular formula is C19H22N2O4. The minimum Gasteiger partial charge on any atom is -0.393 e. The summed E-state index contributed by atoms with van der Waals surface area (Å²) in [4.78, 5) is 26.2. The molecule has 0 aliphatic carbocycles. The van der Waals surface area contributed by atoms with E-state index < -0.39 is 5.60 Å². The molecule has 25 heavy (non-hydrogen) atoms. The highest BCUT2D eigenvalue weighted by Gasteiger charge is 2.38. The van der Waals surface area contributed by atoms with Crippen LogP contribution in [0.25, 0.3) is 0 Å². The molecule has 132 valence electrons. The monoisotopic (exact) mass is 342 g/mol. The molecule has 3 rings (SSSR count). The Bertz CT molecular complexity index is 803. The van der Waals surface area contributed by atoms with Gasteiger partial charge in [-0.3, -0.25) is 9.59 Å². The van der Waals surface area contributed by atoms with E-state index in [-0.39, 0.29) is 24.6 Å². The molecule has 1 aliphatic rings. The van der Waals surface area contributed by atoms with E-state index in [0.717, 1.165) is 5.56 Å². The molecule has 0 bridgehead atoms. The minimum absolute atomic E-state index is 0.178. The van der Waals surface area contributed by atoms with E-state index in [1.807, 2.05) is 30.3 Å². The number of ether oxygens (including phenoxy) is 1. The summed E-state index contributed by atoms with van der Waals surface area (Å²) in [5.41, 5.74) is 0.349. The Hall–Kier alpha value is -2.44. The maximum atomic E-state index is 12.8. The van der Waals surface area contributed by atoms with E-state index in [1.54, 1.807) is 24.2 Å². The van der Waals surface area contributed by atoms with Gasteiger partial charge >= 0.3 is 0 Å². The molecule has 0 radical (unpaired) electrons. The molecule has 6 heteroatoms. The number of aliphatic hydroxyl groups is 1. The lowest BCUT2D eigenvalue weighted by Crippen LogP contribution is -2.56. The van der Waals surface area contributed by atoms with E-state index in [4.69, 9.17) is 4.74 Å². The summed E-state index contributed by atoms with van der Waals surface area (Å²) in [6, 6.07) is 12.7. The van der Waals surface area contributed by atoms with Crippen LogP contribution < -0.4 is 5.56 Å². The van der Waals surface area contributed by atoms with Gasteiger partial charge in [-0.2, -0.15) is 0 Å². The SMILES string of the molecule is Cn1ccc(C(=O)N2CCOC(CO)(Cc3ccccc3)C2)cc1=O. The number of amides is 1. The van der Waals surface area contributed by atoms with Gasteiger partial charge in [0.05, 0.1) is 19.8 Å². The van der Waals surface area contributed by atoms with E-state index >= 15 is 0 Å². The third-order valence-corrected chi connectivity index (χ3v) is 4.54. The van der Waals surface area contributed by atoms with Crippen LogP contribution in [-0.2, 0) is 18.2 Å². The van der Waals surface area contributed by atoms with Gasteiger partial charge in [0.1, 0.15) is 5.60 Å². The van der Waals surface area contributed by atoms with E-state index in [0.29, 0.717) is 25.1 Å². The summed E-state index contributed by atoms with van der Waals surface area (Å²) < 4.78 is 7.29. The molecule has 2 heterocycles. The quantitative estimate of drug-likeness (QED) is 0.893. The molecule has 0 spiro atoms. The average molecular weight is 342 g/mol. The molecule has 1 aromatic carbocycles. The molecular weight excluding hydrogens is 320 g/mol. The maximum absolute atomic E-state index is 12.8. The molecule has 0 saturated carbocycles. The lowest BCUT2D eigenvalue weighted by molar-refractivity contribution is -0.123. The fourth-order valence-electron chi connectivity index (χ4n) is 3.11. The normalized spacial score (nSPS) is 20.5. The fourth-order valence-corrected chi connectivity index (χ4v) is 3.11. The highest BCUT2D eigenvalue weighted by Crippen LogP contribution is 2.24. The van der Waals surface area contributed by atoms with Gasteiger partial charge < -0.3 is 19.3 Å². The number of morpholine rings is 1. The van der Waals surface area contributed by atoms with Gasteiger partial charge in [0.2, 0.25) is 0 Å². The van der Waals surface area contributed by atoms with Crippen LogP contribution in [0.3, 0.4) is 0 Å². The number of aliphatic hydroxyl groups excluding tert-OH is 1. The summed E-state index contributed by atoms with van der Waals surface area (Å²) in [6.07, 6.45) is 2.10. The fraction of sp³-hybridized carbons (Fsp3) is 0.368. The standard InChI is InChI=1S/C19H22N2O4/c1-20-8-7-16(11-17(20)23)18(24)21-9-10-25-19(13-21,14-22)12-15-5-3-2-4-6-15/h2-8,11,22H,9-10,12-14H2,1H3. The Morgan fingerprint density at radius 3 is 2.72 bits per heavy atom. The first kappa shape index (κ1) is 17.4. The Morgan fingerprint density at radius 1 is 1.28 bits per heavy atom. The van der Waals surface area contributed by atoms with Crippen molar-refractivity contribution in [2.75, 3.05) is 26.3 Å². The van der Waals surface area contributed by atoms with Crippen LogP contribution in [0.15, 0.2) is 53.5 Å². The van der Waals surface area contributed by atoms with E-state index in [2.05, 4.69) is 0 Å². The minimum atomic E-state index is -0.824. The van der Waals surface area contributed by atoms with E-state index in [1.165, 1.54) is 10.6 Å². The predicted octanol–water partition coefficient (Wildman–Crippen LogP) is 0.831. The zero-order chi connectivity index (χ0) is 17.9. The second kappa shape index (κ2) is 7.21. The third kappa shape index (κ3) is 3.81. The second-order valence-corrected chi connectivity index (χ2v) is 6.44. The second-order valence-electron chi connectivity index (χ2n) is 6.44. The molecule has 6 nitrogen and oxygen atoms in total. The van der Waals surface area contributed by atoms with Gasteiger partial charge in [-0.1, -0.05) is 30.3 Å². The summed E-state index contributed by atoms with van der Waals surface area (Å²) >= 11 is 0. The summed E-state index contributed by atoms with van der Waals surface area (Å²) in [5.74, 6) is -0.216. The largest absolute Gasteiger partial charge is 0.393 e. The Morgan fingerprint density at radius 2 is 2.04 bits per heavy atom. The first-order valence-electron chi connectivity index (χ1n) is 8.28. The van der Waals surface area contributed by atoms with Crippen molar-refractivity contribution in [2.45, 2.75) is 12.0 Å². The molecule has 1 unspecified atom stereocenters. The third-order valence-electron chi connectivity index (χ3n) is 4.54. The lowest BCUT2D eigenvalue weighted by atomic mass is 9.93. The summed E-state index contributed by atoms with van der Waals surface area (Å²) in [7, 11) is 1.64. The van der Waals surface area contributed by atoms with Gasteiger partial charge in [0, 0.05) is 37.8 Å². The van der Waals surface area contributed by atoms with Crippen molar-refractivity contribution in [1.82, 2.24) is 9.47 Å². The van der Waals surface area contributed by atoms with Gasteiger partial charge in [-0.15, -0.1) is 0 Å². The van der Waals surface area contributed by atoms with Gasteiger partial charge in [0.25, 0.3) is 11.5 Å². The molecule has 1 aliphatic heterocycles. The van der Waals surface area contributed by atoms with Crippen molar-refractivity contribution in [1.29, 1.82) is 0 Å². The van der Waals surface area contributed by atoms with Crippen LogP contribution in [0.2, 0.25) is 0 Å². The lowest BCUT2D eigenvalue weighted by Gasteiger charge is -2.42. The highest BCUT2D eigenvalue weighted by molar-refractivity contribution is 5.94. The van der Waals surface area contributed by atoms with Crippen molar-refractivity contribution < 1.29 is 14.6 Å². The van der Waals surface area contributed by atoms with Crippen LogP contribution in [0, 0.1) is 0 Å². The number of carbonyl (C=O) groups is 1. The summed E-state index contributed by atoms with van der Waals surface area (Å²) in [5, 5.41) is 9.94. The number of pyridine rings is 1. The van der Waals surface area contributed by atoms with Gasteiger partial charge in [0.15, 0.2) is 0 Å². The van der Waals surface area contributed by atoms with Crippen molar-refractivity contribution >= 4 is 5.91 Å². The maximum Gasteiger partial charge on any atom is 0.254 e. The number of rotatable bonds is 4. The molecule has 2 aromatic rings. The molecule has 1 N–H and O–H groups in total. The zero-order valence-electron chi connectivity index (χ0n) is 14.2. The number of carbonyl (C=O) groups excluding carboxylic acids is 1. The van der Waals surface area contributed by atoms with Crippen molar-refractivity contribution in [2.24, 2.45) is 7.05 Å². The number of hydrogen-bond donors (Lipinski definition) is 1. The predicted molar refractivity (Wildman–Crippen MR) is 93.5 cm³/mol. The number of benzene rings is 1. The average Bonchev–Trinajstić information content (AvgIpc) is 2.64. The Kier molecular flexibility index (Phi) is 5.01. The molecule has 1 fully saturated rings. The molecule has 1 atom stereocenters. The zero-order valence-corrected chi connectivity index (χ0v) is 14.2. The van der Waals surface area contributed by atoms with Crippen molar-refractivity contribution in [3.05, 3.63) is 70.1 Å². The van der Waals surface area contributed by atoms with Crippen LogP contribution in [0.4, 0.5) is 0 Å². The Balaban J connectivity index is 1.80. The number of aromatic nitrogens is 1. The van der Waals surface area contributed by atoms with Crippen LogP contribution in [0.1, 0.15) is 15.9 Å². The molecule has 1 aromatic heterocycles. The summed E-state index contributed by atoms with van der Waals surface area (Å²) in [6.45, 7) is 0.892. The number of nitrogens with zero attached hydrogens (tertiary/aromatic N) is 2. The first-order valence-corrected chi connectivity index (χ1v) is 8.28. The molecule has 1 saturated heterocycles. The van der Waals surface area contributed by atoms with Crippen molar-refractivity contribution in [3.8, 4) is 0 Å². The van der Waals surface area contributed by atoms with Crippen LogP contribution >= 0.6 is 0 Å². The van der Waals surface area contributed by atoms with Crippen LogP contribution in [0.5, 0.6) is 0 Å². The van der Waals surface area contributed by atoms with Gasteiger partial charge in [-0.25, -0.2) is 0 Å².